The number of carbonyl (C=O) groups excluding carboxylic acids is 1. The molecule has 3 aromatic heterocycles. The summed E-state index contributed by atoms with van der Waals surface area (Å²) in [5.74, 6) is 0.414. The number of hydrogen-bond acceptors (Lipinski definition) is 7. The summed E-state index contributed by atoms with van der Waals surface area (Å²) < 4.78 is 10.2. The smallest absolute Gasteiger partial charge is 0.410 e. The molecule has 0 fully saturated rings. The Kier molecular flexibility index (Phi) is 4.25. The second kappa shape index (κ2) is 6.50. The maximum absolute atomic E-state index is 12.7. The number of nitrogens with one attached hydrogen (secondary N) is 1. The third kappa shape index (κ3) is 3.10. The molecule has 0 unspecified atom stereocenters. The molecule has 3 heterocycles. The lowest BCUT2D eigenvalue weighted by Gasteiger charge is -2.01. The van der Waals surface area contributed by atoms with Gasteiger partial charge in [-0.25, -0.2) is 14.8 Å². The van der Waals surface area contributed by atoms with Crippen molar-refractivity contribution in [2.24, 2.45) is 0 Å². The third-order valence-electron chi connectivity index (χ3n) is 3.01. The lowest BCUT2D eigenvalue weighted by molar-refractivity contribution is 0.104. The number of ether oxygens (including phenoxy) is 1. The monoisotopic (exact) mass is 345 g/mol. The van der Waals surface area contributed by atoms with E-state index in [4.69, 9.17) is 14.3 Å². The minimum atomic E-state index is -1.26. The lowest BCUT2D eigenvalue weighted by Crippen LogP contribution is -2.06. The molecule has 3 rings (SSSR count). The van der Waals surface area contributed by atoms with Gasteiger partial charge in [0.1, 0.15) is 10.6 Å². The molecule has 0 aliphatic heterocycles. The Morgan fingerprint density at radius 3 is 2.75 bits per heavy atom. The molecule has 9 heteroatoms. The van der Waals surface area contributed by atoms with Crippen LogP contribution < -0.4 is 10.1 Å². The van der Waals surface area contributed by atoms with Crippen molar-refractivity contribution in [2.75, 3.05) is 12.4 Å². The summed E-state index contributed by atoms with van der Waals surface area (Å²) in [6, 6.07) is 6.44. The molecule has 0 aliphatic carbocycles. The van der Waals surface area contributed by atoms with E-state index >= 15 is 0 Å². The van der Waals surface area contributed by atoms with Gasteiger partial charge in [-0.2, -0.15) is 0 Å². The largest absolute Gasteiger partial charge is 0.481 e. The number of pyridine rings is 1. The van der Waals surface area contributed by atoms with Crippen LogP contribution in [0.1, 0.15) is 15.2 Å². The first-order chi connectivity index (χ1) is 11.6. The molecule has 8 nitrogen and oxygen atoms in total. The summed E-state index contributed by atoms with van der Waals surface area (Å²) in [4.78, 5) is 31.9. The van der Waals surface area contributed by atoms with Gasteiger partial charge in [0.2, 0.25) is 11.7 Å². The Bertz CT molecular complexity index is 871. The fraction of sp³-hybridized carbons (Fsp3) is 0.0667. The predicted molar refractivity (Wildman–Crippen MR) is 85.7 cm³/mol. The zero-order valence-corrected chi connectivity index (χ0v) is 13.2. The highest BCUT2D eigenvalue weighted by molar-refractivity contribution is 7.18. The van der Waals surface area contributed by atoms with Crippen molar-refractivity contribution >= 4 is 28.3 Å². The number of methoxy groups -OCH3 is 1. The van der Waals surface area contributed by atoms with E-state index in [1.807, 2.05) is 0 Å². The van der Waals surface area contributed by atoms with Crippen LogP contribution in [0.5, 0.6) is 5.88 Å². The highest BCUT2D eigenvalue weighted by Gasteiger charge is 2.23. The summed E-state index contributed by atoms with van der Waals surface area (Å²) >= 11 is 0.927. The molecule has 122 valence electrons. The van der Waals surface area contributed by atoms with Crippen molar-refractivity contribution in [3.63, 3.8) is 0 Å². The van der Waals surface area contributed by atoms with Crippen molar-refractivity contribution in [1.82, 2.24) is 9.97 Å². The van der Waals surface area contributed by atoms with Gasteiger partial charge in [0, 0.05) is 17.8 Å². The number of thiazole rings is 1. The van der Waals surface area contributed by atoms with E-state index in [0.29, 0.717) is 17.2 Å². The molecule has 0 radical (unpaired) electrons. The van der Waals surface area contributed by atoms with Crippen LogP contribution in [-0.4, -0.2) is 34.1 Å². The summed E-state index contributed by atoms with van der Waals surface area (Å²) in [6.07, 6.45) is 1.57. The van der Waals surface area contributed by atoms with Gasteiger partial charge >= 0.3 is 6.09 Å². The highest BCUT2D eigenvalue weighted by atomic mass is 32.1. The molecular weight excluding hydrogens is 334 g/mol. The molecule has 1 amide bonds. The maximum atomic E-state index is 12.7. The summed E-state index contributed by atoms with van der Waals surface area (Å²) in [7, 11) is 1.48. The Morgan fingerprint density at radius 2 is 2.17 bits per heavy atom. The van der Waals surface area contributed by atoms with Gasteiger partial charge in [-0.1, -0.05) is 11.3 Å². The number of rotatable bonds is 5. The minimum Gasteiger partial charge on any atom is -0.481 e. The minimum absolute atomic E-state index is 0.0821. The van der Waals surface area contributed by atoms with Crippen LogP contribution >= 0.6 is 11.3 Å². The topological polar surface area (TPSA) is 115 Å². The van der Waals surface area contributed by atoms with Gasteiger partial charge in [-0.15, -0.1) is 0 Å². The lowest BCUT2D eigenvalue weighted by atomic mass is 10.1. The number of anilines is 1. The summed E-state index contributed by atoms with van der Waals surface area (Å²) in [5, 5.41) is 11.1. The number of carbonyl (C=O) groups is 2. The van der Waals surface area contributed by atoms with E-state index in [-0.39, 0.29) is 21.5 Å². The number of nitrogens with zero attached hydrogens (tertiary/aromatic N) is 2. The van der Waals surface area contributed by atoms with Crippen molar-refractivity contribution in [1.29, 1.82) is 0 Å². The SMILES string of the molecule is COc1ccc(C(=O)c2sc(NC(=O)O)nc2-c2ccco2)cn1. The first-order valence-corrected chi connectivity index (χ1v) is 7.49. The molecular formula is C15H11N3O5S. The first kappa shape index (κ1) is 15.7. The van der Waals surface area contributed by atoms with E-state index in [1.54, 1.807) is 24.3 Å². The van der Waals surface area contributed by atoms with Crippen LogP contribution in [0.15, 0.2) is 41.1 Å². The van der Waals surface area contributed by atoms with Gasteiger partial charge in [0.05, 0.1) is 13.4 Å². The van der Waals surface area contributed by atoms with Crippen molar-refractivity contribution in [2.45, 2.75) is 0 Å². The van der Waals surface area contributed by atoms with Crippen LogP contribution in [0, 0.1) is 0 Å². The van der Waals surface area contributed by atoms with Gasteiger partial charge in [-0.3, -0.25) is 10.1 Å². The van der Waals surface area contributed by atoms with Crippen molar-refractivity contribution in [3.8, 4) is 17.3 Å². The third-order valence-corrected chi connectivity index (χ3v) is 3.98. The number of carboxylic acid groups (broad SMARTS) is 1. The fourth-order valence-electron chi connectivity index (χ4n) is 1.97. The zero-order chi connectivity index (χ0) is 17.1. The molecule has 24 heavy (non-hydrogen) atoms. The number of furan rings is 1. The molecule has 3 aromatic rings. The van der Waals surface area contributed by atoms with Crippen molar-refractivity contribution in [3.05, 3.63) is 47.2 Å². The number of hydrogen-bond donors (Lipinski definition) is 2. The van der Waals surface area contributed by atoms with Gasteiger partial charge < -0.3 is 14.3 Å². The zero-order valence-electron chi connectivity index (χ0n) is 12.3. The first-order valence-electron chi connectivity index (χ1n) is 6.68. The van der Waals surface area contributed by atoms with Crippen LogP contribution in [0.25, 0.3) is 11.5 Å². The molecule has 0 saturated heterocycles. The van der Waals surface area contributed by atoms with Gasteiger partial charge in [-0.05, 0) is 18.2 Å². The van der Waals surface area contributed by atoms with Crippen molar-refractivity contribution < 1.29 is 23.8 Å². The summed E-state index contributed by atoms with van der Waals surface area (Å²) in [6.45, 7) is 0. The number of amides is 1. The quantitative estimate of drug-likeness (QED) is 0.683. The molecule has 0 spiro atoms. The number of aromatic nitrogens is 2. The Hall–Kier alpha value is -3.20. The van der Waals surface area contributed by atoms with Gasteiger partial charge in [0.25, 0.3) is 0 Å². The van der Waals surface area contributed by atoms with E-state index in [2.05, 4.69) is 15.3 Å². The molecule has 2 N–H and O–H groups in total. The standard InChI is InChI=1S/C15H11N3O5S/c1-22-10-5-4-8(7-16-10)12(19)13-11(9-3-2-6-23-9)17-14(24-13)18-15(20)21/h2-7H,1H3,(H,17,18)(H,20,21). The molecule has 0 atom stereocenters. The fourth-order valence-corrected chi connectivity index (χ4v) is 2.89. The molecule has 0 saturated carbocycles. The van der Waals surface area contributed by atoms with E-state index in [9.17, 15) is 9.59 Å². The Labute approximate surface area is 139 Å². The van der Waals surface area contributed by atoms with Crippen LogP contribution in [0.4, 0.5) is 9.93 Å². The molecule has 0 aliphatic rings. The second-order valence-corrected chi connectivity index (χ2v) is 5.52. The summed E-state index contributed by atoms with van der Waals surface area (Å²) in [5.41, 5.74) is 0.601. The average Bonchev–Trinajstić information content (AvgIpc) is 3.23. The van der Waals surface area contributed by atoms with Crippen LogP contribution in [0.3, 0.4) is 0 Å². The van der Waals surface area contributed by atoms with Crippen LogP contribution in [0.2, 0.25) is 0 Å². The average molecular weight is 345 g/mol. The second-order valence-electron chi connectivity index (χ2n) is 4.52. The highest BCUT2D eigenvalue weighted by Crippen LogP contribution is 2.33. The molecule has 0 aromatic carbocycles. The Morgan fingerprint density at radius 1 is 1.33 bits per heavy atom. The Balaban J connectivity index is 2.02. The van der Waals surface area contributed by atoms with E-state index < -0.39 is 6.09 Å². The van der Waals surface area contributed by atoms with E-state index in [1.165, 1.54) is 19.6 Å². The predicted octanol–water partition coefficient (Wildman–Crippen LogP) is 3.13. The van der Waals surface area contributed by atoms with Gasteiger partial charge in [0.15, 0.2) is 10.9 Å². The normalized spacial score (nSPS) is 10.4. The maximum Gasteiger partial charge on any atom is 0.410 e. The van der Waals surface area contributed by atoms with Crippen LogP contribution in [-0.2, 0) is 0 Å². The number of ketones is 1. The van der Waals surface area contributed by atoms with E-state index in [0.717, 1.165) is 11.3 Å². The molecule has 0 bridgehead atoms.